The summed E-state index contributed by atoms with van der Waals surface area (Å²) in [6.45, 7) is 6.02. The minimum absolute atomic E-state index is 0.174. The van der Waals surface area contributed by atoms with Crippen molar-refractivity contribution in [3.8, 4) is 0 Å². The van der Waals surface area contributed by atoms with Crippen LogP contribution in [0.5, 0.6) is 0 Å². The lowest BCUT2D eigenvalue weighted by atomic mass is 9.78. The van der Waals surface area contributed by atoms with E-state index < -0.39 is 12.1 Å². The zero-order valence-electron chi connectivity index (χ0n) is 13.8. The van der Waals surface area contributed by atoms with Crippen LogP contribution in [0.3, 0.4) is 0 Å². The Balaban J connectivity index is 1.89. The number of aromatic nitrogens is 1. The van der Waals surface area contributed by atoms with Gasteiger partial charge in [0.25, 0.3) is 5.91 Å². The maximum absolute atomic E-state index is 12.3. The number of ether oxygens (including phenoxy) is 1. The molecule has 1 heterocycles. The van der Waals surface area contributed by atoms with Crippen molar-refractivity contribution in [3.63, 3.8) is 0 Å². The van der Waals surface area contributed by atoms with Gasteiger partial charge in [-0.3, -0.25) is 4.79 Å². The van der Waals surface area contributed by atoms with Gasteiger partial charge in [-0.1, -0.05) is 26.7 Å². The molecule has 5 nitrogen and oxygen atoms in total. The van der Waals surface area contributed by atoms with E-state index in [1.54, 1.807) is 36.9 Å². The molecule has 0 aromatic carbocycles. The van der Waals surface area contributed by atoms with E-state index in [1.165, 1.54) is 6.42 Å². The van der Waals surface area contributed by atoms with Crippen molar-refractivity contribution < 1.29 is 14.3 Å². The third-order valence-electron chi connectivity index (χ3n) is 4.84. The molecule has 1 aliphatic carbocycles. The minimum Gasteiger partial charge on any atom is -0.448 e. The molecule has 1 aromatic heterocycles. The number of nitrogens with one attached hydrogen (secondary N) is 1. The molecular weight excluding hydrogens is 280 g/mol. The highest BCUT2D eigenvalue weighted by molar-refractivity contribution is 5.91. The Morgan fingerprint density at radius 1 is 1.36 bits per heavy atom. The predicted molar refractivity (Wildman–Crippen MR) is 84.4 cm³/mol. The third-order valence-corrected chi connectivity index (χ3v) is 4.84. The van der Waals surface area contributed by atoms with E-state index in [-0.39, 0.29) is 11.9 Å². The maximum Gasteiger partial charge on any atom is 0.355 e. The molecule has 22 heavy (non-hydrogen) atoms. The smallest absolute Gasteiger partial charge is 0.355 e. The fourth-order valence-corrected chi connectivity index (χ4v) is 3.03. The van der Waals surface area contributed by atoms with Gasteiger partial charge in [-0.2, -0.15) is 0 Å². The average molecular weight is 306 g/mol. The zero-order chi connectivity index (χ0) is 16.3. The van der Waals surface area contributed by atoms with Crippen LogP contribution in [0.1, 0.15) is 50.5 Å². The van der Waals surface area contributed by atoms with Crippen molar-refractivity contribution in [2.24, 2.45) is 18.9 Å². The van der Waals surface area contributed by atoms with Crippen LogP contribution in [0.2, 0.25) is 0 Å². The number of hydrogen-bond acceptors (Lipinski definition) is 3. The predicted octanol–water partition coefficient (Wildman–Crippen LogP) is 2.51. The van der Waals surface area contributed by atoms with Gasteiger partial charge in [0, 0.05) is 19.3 Å². The first-order valence-corrected chi connectivity index (χ1v) is 8.03. The molecule has 1 fully saturated rings. The maximum atomic E-state index is 12.3. The number of rotatable bonds is 4. The Bertz CT molecular complexity index is 538. The number of hydrogen-bond donors (Lipinski definition) is 1. The molecule has 0 unspecified atom stereocenters. The Kier molecular flexibility index (Phi) is 5.27. The minimum atomic E-state index is -0.785. The van der Waals surface area contributed by atoms with E-state index in [0.717, 1.165) is 12.8 Å². The first kappa shape index (κ1) is 16.6. The van der Waals surface area contributed by atoms with E-state index in [0.29, 0.717) is 17.5 Å². The molecule has 1 N–H and O–H groups in total. The molecule has 5 heteroatoms. The van der Waals surface area contributed by atoms with Gasteiger partial charge < -0.3 is 14.6 Å². The second-order valence-electron chi connectivity index (χ2n) is 6.43. The van der Waals surface area contributed by atoms with Crippen LogP contribution in [0.25, 0.3) is 0 Å². The molecule has 2 rings (SSSR count). The highest BCUT2D eigenvalue weighted by atomic mass is 16.5. The van der Waals surface area contributed by atoms with Crippen LogP contribution in [0.4, 0.5) is 0 Å². The average Bonchev–Trinajstić information content (AvgIpc) is 2.90. The molecule has 1 aromatic rings. The van der Waals surface area contributed by atoms with E-state index in [4.69, 9.17) is 4.74 Å². The van der Waals surface area contributed by atoms with E-state index in [9.17, 15) is 9.59 Å². The molecule has 1 amide bonds. The van der Waals surface area contributed by atoms with Gasteiger partial charge >= 0.3 is 5.97 Å². The summed E-state index contributed by atoms with van der Waals surface area (Å²) in [6, 6.07) is 3.62. The summed E-state index contributed by atoms with van der Waals surface area (Å²) in [5.41, 5.74) is 0.444. The topological polar surface area (TPSA) is 60.3 Å². The van der Waals surface area contributed by atoms with Gasteiger partial charge in [-0.05, 0) is 37.3 Å². The SMILES string of the molecule is C[C@H]1[C@@H](NC(=O)[C@@H](C)OC(=O)c2cccn2C)CCC[C@@H]1C. The molecule has 1 saturated carbocycles. The van der Waals surface area contributed by atoms with E-state index >= 15 is 0 Å². The fraction of sp³-hybridized carbons (Fsp3) is 0.647. The first-order valence-electron chi connectivity index (χ1n) is 8.03. The first-order chi connectivity index (χ1) is 10.4. The summed E-state index contributed by atoms with van der Waals surface area (Å²) < 4.78 is 6.95. The van der Waals surface area contributed by atoms with Crippen molar-refractivity contribution in [1.29, 1.82) is 0 Å². The largest absolute Gasteiger partial charge is 0.448 e. The Morgan fingerprint density at radius 3 is 2.73 bits per heavy atom. The normalized spacial score (nSPS) is 26.3. The molecule has 0 radical (unpaired) electrons. The quantitative estimate of drug-likeness (QED) is 0.870. The highest BCUT2D eigenvalue weighted by Crippen LogP contribution is 2.29. The van der Waals surface area contributed by atoms with Gasteiger partial charge in [0.15, 0.2) is 6.10 Å². The third kappa shape index (κ3) is 3.70. The molecule has 0 saturated heterocycles. The fourth-order valence-electron chi connectivity index (χ4n) is 3.03. The van der Waals surface area contributed by atoms with Gasteiger partial charge in [0.1, 0.15) is 5.69 Å². The van der Waals surface area contributed by atoms with Crippen molar-refractivity contribution in [1.82, 2.24) is 9.88 Å². The molecule has 1 aliphatic rings. The van der Waals surface area contributed by atoms with Crippen LogP contribution < -0.4 is 5.32 Å². The van der Waals surface area contributed by atoms with Gasteiger partial charge in [-0.15, -0.1) is 0 Å². The van der Waals surface area contributed by atoms with Gasteiger partial charge in [0.05, 0.1) is 0 Å². The van der Waals surface area contributed by atoms with Crippen LogP contribution in [0.15, 0.2) is 18.3 Å². The Labute approximate surface area is 132 Å². The lowest BCUT2D eigenvalue weighted by Crippen LogP contribution is -2.47. The summed E-state index contributed by atoms with van der Waals surface area (Å²) in [5, 5.41) is 3.04. The van der Waals surface area contributed by atoms with E-state index in [1.807, 2.05) is 0 Å². The van der Waals surface area contributed by atoms with Crippen molar-refractivity contribution in [2.45, 2.75) is 52.2 Å². The number of nitrogens with zero attached hydrogens (tertiary/aromatic N) is 1. The molecule has 122 valence electrons. The standard InChI is InChI=1S/C17H26N2O3/c1-11-7-5-8-14(12(11)2)18-16(20)13(3)22-17(21)15-9-6-10-19(15)4/h6,9-14H,5,7-8H2,1-4H3,(H,18,20)/t11-,12+,13+,14-/m0/s1. The molecule has 0 spiro atoms. The molecule has 0 bridgehead atoms. The number of esters is 1. The summed E-state index contributed by atoms with van der Waals surface area (Å²) in [7, 11) is 1.77. The van der Waals surface area contributed by atoms with Gasteiger partial charge in [-0.25, -0.2) is 4.79 Å². The number of aryl methyl sites for hydroxylation is 1. The number of carbonyl (C=O) groups is 2. The lowest BCUT2D eigenvalue weighted by Gasteiger charge is -2.35. The van der Waals surface area contributed by atoms with Crippen LogP contribution in [-0.2, 0) is 16.6 Å². The highest BCUT2D eigenvalue weighted by Gasteiger charge is 2.30. The number of carbonyl (C=O) groups excluding carboxylic acids is 2. The molecular formula is C17H26N2O3. The lowest BCUT2D eigenvalue weighted by molar-refractivity contribution is -0.130. The van der Waals surface area contributed by atoms with Crippen LogP contribution in [-0.4, -0.2) is 28.6 Å². The van der Waals surface area contributed by atoms with Crippen molar-refractivity contribution >= 4 is 11.9 Å². The van der Waals surface area contributed by atoms with Crippen LogP contribution in [0, 0.1) is 11.8 Å². The summed E-state index contributed by atoms with van der Waals surface area (Å²) >= 11 is 0. The molecule has 4 atom stereocenters. The second-order valence-corrected chi connectivity index (χ2v) is 6.43. The van der Waals surface area contributed by atoms with E-state index in [2.05, 4.69) is 19.2 Å². The summed E-state index contributed by atoms with van der Waals surface area (Å²) in [5.74, 6) is 0.377. The monoisotopic (exact) mass is 306 g/mol. The van der Waals surface area contributed by atoms with Crippen LogP contribution >= 0.6 is 0 Å². The summed E-state index contributed by atoms with van der Waals surface area (Å²) in [6.07, 6.45) is 4.33. The molecule has 0 aliphatic heterocycles. The Hall–Kier alpha value is -1.78. The zero-order valence-corrected chi connectivity index (χ0v) is 13.8. The summed E-state index contributed by atoms with van der Waals surface area (Å²) in [4.78, 5) is 24.3. The van der Waals surface area contributed by atoms with Crippen molar-refractivity contribution in [2.75, 3.05) is 0 Å². The second kappa shape index (κ2) is 6.99. The van der Waals surface area contributed by atoms with Gasteiger partial charge in [0.2, 0.25) is 0 Å². The Morgan fingerprint density at radius 2 is 2.09 bits per heavy atom. The number of amides is 1. The van der Waals surface area contributed by atoms with Crippen molar-refractivity contribution in [3.05, 3.63) is 24.0 Å².